The molecule has 0 saturated carbocycles. The highest BCUT2D eigenvalue weighted by molar-refractivity contribution is 8.00. The second-order valence-corrected chi connectivity index (χ2v) is 6.25. The predicted molar refractivity (Wildman–Crippen MR) is 84.2 cm³/mol. The van der Waals surface area contributed by atoms with Crippen LogP contribution in [0.5, 0.6) is 0 Å². The Kier molecular flexibility index (Phi) is 6.81. The van der Waals surface area contributed by atoms with Gasteiger partial charge in [-0.05, 0) is 32.0 Å². The van der Waals surface area contributed by atoms with Crippen LogP contribution in [0.3, 0.4) is 0 Å². The average molecular weight is 352 g/mol. The molecule has 0 saturated heterocycles. The maximum Gasteiger partial charge on any atom is 0.417 e. The van der Waals surface area contributed by atoms with Crippen LogP contribution in [0, 0.1) is 0 Å². The first kappa shape index (κ1) is 18.9. The fourth-order valence-electron chi connectivity index (χ4n) is 1.75. The molecule has 22 heavy (non-hydrogen) atoms. The molecule has 1 aromatic carbocycles. The van der Waals surface area contributed by atoms with Gasteiger partial charge in [0.25, 0.3) is 0 Å². The minimum absolute atomic E-state index is 0.0695. The molecule has 7 heteroatoms. The minimum Gasteiger partial charge on any atom is -0.338 e. The van der Waals surface area contributed by atoms with E-state index < -0.39 is 11.7 Å². The van der Waals surface area contributed by atoms with Gasteiger partial charge in [0, 0.05) is 18.0 Å². The van der Waals surface area contributed by atoms with E-state index in [9.17, 15) is 18.0 Å². The number of amides is 1. The van der Waals surface area contributed by atoms with Crippen LogP contribution in [0.25, 0.3) is 0 Å². The summed E-state index contributed by atoms with van der Waals surface area (Å²) in [6.45, 7) is 8.39. The Hall–Kier alpha value is -1.14. The van der Waals surface area contributed by atoms with Crippen LogP contribution in [0.2, 0.25) is 5.02 Å². The Labute approximate surface area is 137 Å². The van der Waals surface area contributed by atoms with Crippen molar-refractivity contribution in [1.82, 2.24) is 4.90 Å². The lowest BCUT2D eigenvalue weighted by Crippen LogP contribution is -2.33. The second kappa shape index (κ2) is 7.92. The van der Waals surface area contributed by atoms with Crippen molar-refractivity contribution in [1.29, 1.82) is 0 Å². The number of carbonyl (C=O) groups excluding carboxylic acids is 1. The van der Waals surface area contributed by atoms with Crippen molar-refractivity contribution in [3.63, 3.8) is 0 Å². The lowest BCUT2D eigenvalue weighted by atomic mass is 10.2. The number of carbonyl (C=O) groups is 1. The smallest absolute Gasteiger partial charge is 0.338 e. The molecule has 2 nitrogen and oxygen atoms in total. The SMILES string of the molecule is C=C(C)CN(CC)C(=O)CSc1ccc(Cl)c(C(F)(F)F)c1. The molecule has 0 atom stereocenters. The van der Waals surface area contributed by atoms with Gasteiger partial charge in [0.1, 0.15) is 0 Å². The Morgan fingerprint density at radius 3 is 2.55 bits per heavy atom. The highest BCUT2D eigenvalue weighted by Gasteiger charge is 2.33. The second-order valence-electron chi connectivity index (χ2n) is 4.79. The van der Waals surface area contributed by atoms with E-state index >= 15 is 0 Å². The Balaban J connectivity index is 2.76. The van der Waals surface area contributed by atoms with Crippen molar-refractivity contribution in [2.45, 2.75) is 24.9 Å². The van der Waals surface area contributed by atoms with Crippen LogP contribution in [-0.2, 0) is 11.0 Å². The van der Waals surface area contributed by atoms with Crippen LogP contribution in [-0.4, -0.2) is 29.6 Å². The summed E-state index contributed by atoms with van der Waals surface area (Å²) in [5, 5.41) is -0.347. The lowest BCUT2D eigenvalue weighted by molar-refractivity contribution is -0.137. The van der Waals surface area contributed by atoms with E-state index in [2.05, 4.69) is 6.58 Å². The van der Waals surface area contributed by atoms with Crippen molar-refractivity contribution in [2.75, 3.05) is 18.8 Å². The van der Waals surface area contributed by atoms with E-state index in [0.717, 1.165) is 23.4 Å². The molecule has 0 aliphatic rings. The van der Waals surface area contributed by atoms with E-state index in [1.165, 1.54) is 12.1 Å². The highest BCUT2D eigenvalue weighted by Crippen LogP contribution is 2.37. The van der Waals surface area contributed by atoms with Crippen LogP contribution >= 0.6 is 23.4 Å². The average Bonchev–Trinajstić information content (AvgIpc) is 2.42. The van der Waals surface area contributed by atoms with Gasteiger partial charge in [-0.1, -0.05) is 23.8 Å². The summed E-state index contributed by atoms with van der Waals surface area (Å²) in [6.07, 6.45) is -4.51. The summed E-state index contributed by atoms with van der Waals surface area (Å²) >= 11 is 6.62. The first-order chi connectivity index (χ1) is 10.1. The molecule has 0 unspecified atom stereocenters. The van der Waals surface area contributed by atoms with Gasteiger partial charge in [-0.15, -0.1) is 11.8 Å². The molecule has 122 valence electrons. The fraction of sp³-hybridized carbons (Fsp3) is 0.400. The van der Waals surface area contributed by atoms with Crippen LogP contribution < -0.4 is 0 Å². The third-order valence-corrected chi connectivity index (χ3v) is 4.11. The van der Waals surface area contributed by atoms with Gasteiger partial charge < -0.3 is 4.90 Å². The summed E-state index contributed by atoms with van der Waals surface area (Å²) in [5.41, 5.74) is -0.0352. The monoisotopic (exact) mass is 351 g/mol. The molecule has 0 heterocycles. The molecular formula is C15H17ClF3NOS. The van der Waals surface area contributed by atoms with Crippen molar-refractivity contribution in [3.8, 4) is 0 Å². The summed E-state index contributed by atoms with van der Waals surface area (Å²) in [4.78, 5) is 14.0. The third-order valence-electron chi connectivity index (χ3n) is 2.80. The highest BCUT2D eigenvalue weighted by atomic mass is 35.5. The molecule has 0 aromatic heterocycles. The van der Waals surface area contributed by atoms with Gasteiger partial charge in [-0.25, -0.2) is 0 Å². The van der Waals surface area contributed by atoms with E-state index in [1.807, 2.05) is 13.8 Å². The normalized spacial score (nSPS) is 11.4. The van der Waals surface area contributed by atoms with Gasteiger partial charge in [-0.2, -0.15) is 13.2 Å². The molecule has 1 amide bonds. The Morgan fingerprint density at radius 2 is 2.05 bits per heavy atom. The molecule has 0 radical (unpaired) electrons. The number of likely N-dealkylation sites (N-methyl/N-ethyl adjacent to an activating group) is 1. The number of hydrogen-bond donors (Lipinski definition) is 0. The molecule has 0 aliphatic heterocycles. The van der Waals surface area contributed by atoms with Crippen molar-refractivity contribution >= 4 is 29.3 Å². The molecule has 0 fully saturated rings. The Morgan fingerprint density at radius 1 is 1.41 bits per heavy atom. The van der Waals surface area contributed by atoms with E-state index in [1.54, 1.807) is 4.90 Å². The third kappa shape index (κ3) is 5.57. The number of hydrogen-bond acceptors (Lipinski definition) is 2. The van der Waals surface area contributed by atoms with Crippen molar-refractivity contribution in [2.24, 2.45) is 0 Å². The topological polar surface area (TPSA) is 20.3 Å². The first-order valence-electron chi connectivity index (χ1n) is 6.56. The molecular weight excluding hydrogens is 335 g/mol. The zero-order valence-electron chi connectivity index (χ0n) is 12.3. The Bertz CT molecular complexity index is 560. The molecule has 0 N–H and O–H groups in total. The van der Waals surface area contributed by atoms with Crippen LogP contribution in [0.15, 0.2) is 35.2 Å². The zero-order chi connectivity index (χ0) is 16.9. The summed E-state index contributed by atoms with van der Waals surface area (Å²) in [6, 6.07) is 3.64. The number of halogens is 4. The summed E-state index contributed by atoms with van der Waals surface area (Å²) in [7, 11) is 0. The molecule has 0 bridgehead atoms. The minimum atomic E-state index is -4.51. The van der Waals surface area contributed by atoms with Crippen LogP contribution in [0.4, 0.5) is 13.2 Å². The van der Waals surface area contributed by atoms with Crippen LogP contribution in [0.1, 0.15) is 19.4 Å². The number of alkyl halides is 3. The standard InChI is InChI=1S/C15H17ClF3NOS/c1-4-20(8-10(2)3)14(21)9-22-11-5-6-13(16)12(7-11)15(17,18)19/h5-7H,2,4,8-9H2,1,3H3. The first-order valence-corrected chi connectivity index (χ1v) is 7.93. The number of benzene rings is 1. The fourth-order valence-corrected chi connectivity index (χ4v) is 2.81. The van der Waals surface area contributed by atoms with Crippen molar-refractivity contribution in [3.05, 3.63) is 40.9 Å². The largest absolute Gasteiger partial charge is 0.417 e. The van der Waals surface area contributed by atoms with Gasteiger partial charge in [0.15, 0.2) is 0 Å². The zero-order valence-corrected chi connectivity index (χ0v) is 13.9. The maximum absolute atomic E-state index is 12.8. The molecule has 1 rings (SSSR count). The molecule has 0 spiro atoms. The van der Waals surface area contributed by atoms with Gasteiger partial charge in [-0.3, -0.25) is 4.79 Å². The van der Waals surface area contributed by atoms with E-state index in [0.29, 0.717) is 18.0 Å². The van der Waals surface area contributed by atoms with Gasteiger partial charge in [0.05, 0.1) is 16.3 Å². The number of nitrogens with zero attached hydrogens (tertiary/aromatic N) is 1. The van der Waals surface area contributed by atoms with E-state index in [4.69, 9.17) is 11.6 Å². The summed E-state index contributed by atoms with van der Waals surface area (Å²) in [5.74, 6) is -0.0703. The number of rotatable bonds is 6. The maximum atomic E-state index is 12.8. The number of thioether (sulfide) groups is 1. The van der Waals surface area contributed by atoms with Gasteiger partial charge in [0.2, 0.25) is 5.91 Å². The lowest BCUT2D eigenvalue weighted by Gasteiger charge is -2.20. The van der Waals surface area contributed by atoms with Crippen molar-refractivity contribution < 1.29 is 18.0 Å². The van der Waals surface area contributed by atoms with E-state index in [-0.39, 0.29) is 16.7 Å². The predicted octanol–water partition coefficient (Wildman–Crippen LogP) is 4.88. The summed E-state index contributed by atoms with van der Waals surface area (Å²) < 4.78 is 38.3. The molecule has 0 aliphatic carbocycles. The quantitative estimate of drug-likeness (QED) is 0.538. The molecule has 1 aromatic rings. The van der Waals surface area contributed by atoms with Gasteiger partial charge >= 0.3 is 6.18 Å².